The minimum atomic E-state index is -1.40. The molecule has 0 aromatic carbocycles. The van der Waals surface area contributed by atoms with Crippen LogP contribution in [0.3, 0.4) is 0 Å². The van der Waals surface area contributed by atoms with Crippen molar-refractivity contribution in [3.63, 3.8) is 0 Å². The fraction of sp³-hybridized carbons (Fsp3) is 0.500. The van der Waals surface area contributed by atoms with Gasteiger partial charge in [0.1, 0.15) is 13.2 Å². The van der Waals surface area contributed by atoms with Crippen LogP contribution in [0.1, 0.15) is 12.8 Å². The van der Waals surface area contributed by atoms with Crippen LogP contribution < -0.4 is 10.6 Å². The molecule has 2 unspecified atom stereocenters. The summed E-state index contributed by atoms with van der Waals surface area (Å²) in [5.41, 5.74) is -0.686. The van der Waals surface area contributed by atoms with Crippen LogP contribution in [0.15, 0.2) is 11.1 Å². The Morgan fingerprint density at radius 2 is 1.27 bits per heavy atom. The Morgan fingerprint density at radius 1 is 0.909 bits per heavy atom. The quantitative estimate of drug-likeness (QED) is 0.477. The number of carboxylic acids is 2. The van der Waals surface area contributed by atoms with Crippen LogP contribution in [0, 0.1) is 0 Å². The zero-order chi connectivity index (χ0) is 16.3. The number of carbonyl (C=O) groups is 4. The van der Waals surface area contributed by atoms with Crippen molar-refractivity contribution < 1.29 is 38.9 Å². The van der Waals surface area contributed by atoms with Gasteiger partial charge in [-0.05, 0) is 0 Å². The number of ether oxygens (including phenoxy) is 2. The number of nitrogens with one attached hydrogen (secondary N) is 2. The van der Waals surface area contributed by atoms with Gasteiger partial charge in [-0.3, -0.25) is 0 Å². The number of hydrogen-bond acceptors (Lipinski definition) is 6. The largest absolute Gasteiger partial charge is 0.478 e. The first-order chi connectivity index (χ1) is 10.4. The highest BCUT2D eigenvalue weighted by Gasteiger charge is 2.31. The molecule has 2 rings (SSSR count). The Hall–Kier alpha value is -2.78. The van der Waals surface area contributed by atoms with E-state index >= 15 is 0 Å². The lowest BCUT2D eigenvalue weighted by Crippen LogP contribution is -2.31. The first kappa shape index (κ1) is 15.6. The summed E-state index contributed by atoms with van der Waals surface area (Å²) in [7, 11) is 0. The topological polar surface area (TPSA) is 151 Å². The van der Waals surface area contributed by atoms with Crippen molar-refractivity contribution in [2.75, 3.05) is 13.2 Å². The van der Waals surface area contributed by atoms with Gasteiger partial charge in [0.2, 0.25) is 0 Å². The zero-order valence-corrected chi connectivity index (χ0v) is 11.3. The molecule has 0 aliphatic carbocycles. The summed E-state index contributed by atoms with van der Waals surface area (Å²) in [6.07, 6.45) is -1.74. The molecular formula is C12H14N2O8. The Morgan fingerprint density at radius 3 is 1.50 bits per heavy atom. The molecule has 10 nitrogen and oxygen atoms in total. The lowest BCUT2D eigenvalue weighted by Gasteiger charge is -2.14. The SMILES string of the molecule is O=C1NC(C/C(C(=O)O)=C(/CC2COC(=O)N2)C(=O)O)CO1. The maximum Gasteiger partial charge on any atom is 0.407 e. The number of hydrogen-bond donors (Lipinski definition) is 4. The highest BCUT2D eigenvalue weighted by Crippen LogP contribution is 2.20. The van der Waals surface area contributed by atoms with Crippen LogP contribution in [0.2, 0.25) is 0 Å². The van der Waals surface area contributed by atoms with Crippen LogP contribution in [-0.4, -0.2) is 59.6 Å². The van der Waals surface area contributed by atoms with Crippen molar-refractivity contribution in [3.05, 3.63) is 11.1 Å². The van der Waals surface area contributed by atoms with Gasteiger partial charge in [0.15, 0.2) is 0 Å². The van der Waals surface area contributed by atoms with Gasteiger partial charge in [-0.25, -0.2) is 19.2 Å². The molecule has 2 fully saturated rings. The molecule has 2 aliphatic heterocycles. The number of rotatable bonds is 6. The van der Waals surface area contributed by atoms with E-state index in [4.69, 9.17) is 0 Å². The number of aliphatic carboxylic acids is 2. The fourth-order valence-corrected chi connectivity index (χ4v) is 2.24. The third-order valence-electron chi connectivity index (χ3n) is 3.26. The highest BCUT2D eigenvalue weighted by atomic mass is 16.6. The first-order valence-corrected chi connectivity index (χ1v) is 6.42. The van der Waals surface area contributed by atoms with E-state index in [0.29, 0.717) is 0 Å². The molecule has 2 atom stereocenters. The Balaban J connectivity index is 2.18. The van der Waals surface area contributed by atoms with E-state index in [1.165, 1.54) is 0 Å². The lowest BCUT2D eigenvalue weighted by molar-refractivity contribution is -0.136. The molecule has 0 radical (unpaired) electrons. The van der Waals surface area contributed by atoms with Crippen LogP contribution >= 0.6 is 0 Å². The molecule has 2 aliphatic rings. The molecule has 22 heavy (non-hydrogen) atoms. The predicted octanol–water partition coefficient (Wildman–Crippen LogP) is -0.551. The van der Waals surface area contributed by atoms with Gasteiger partial charge in [0.05, 0.1) is 12.1 Å². The molecular weight excluding hydrogens is 300 g/mol. The van der Waals surface area contributed by atoms with Gasteiger partial charge in [0, 0.05) is 24.0 Å². The molecule has 4 N–H and O–H groups in total. The van der Waals surface area contributed by atoms with Crippen LogP contribution in [0.4, 0.5) is 9.59 Å². The molecule has 0 saturated carbocycles. The highest BCUT2D eigenvalue weighted by molar-refractivity contribution is 5.99. The average Bonchev–Trinajstić information content (AvgIpc) is 3.02. The number of alkyl carbamates (subject to hydrolysis) is 2. The maximum atomic E-state index is 11.4. The van der Waals surface area contributed by atoms with E-state index in [1.54, 1.807) is 0 Å². The van der Waals surface area contributed by atoms with E-state index in [0.717, 1.165) is 0 Å². The number of carboxylic acid groups (broad SMARTS) is 2. The number of amides is 2. The van der Waals surface area contributed by atoms with Crippen LogP contribution in [0.25, 0.3) is 0 Å². The third kappa shape index (κ3) is 3.65. The van der Waals surface area contributed by atoms with Crippen molar-refractivity contribution in [2.24, 2.45) is 0 Å². The fourth-order valence-electron chi connectivity index (χ4n) is 2.24. The Bertz CT molecular complexity index is 507. The van der Waals surface area contributed by atoms with Crippen LogP contribution in [0.5, 0.6) is 0 Å². The molecule has 10 heteroatoms. The minimum Gasteiger partial charge on any atom is -0.478 e. The molecule has 120 valence electrons. The molecule has 0 aromatic heterocycles. The van der Waals surface area contributed by atoms with Crippen molar-refractivity contribution in [2.45, 2.75) is 24.9 Å². The van der Waals surface area contributed by atoms with E-state index in [-0.39, 0.29) is 37.2 Å². The Kier molecular flexibility index (Phi) is 4.49. The lowest BCUT2D eigenvalue weighted by atomic mass is 9.96. The summed E-state index contributed by atoms with van der Waals surface area (Å²) in [6.45, 7) is -0.0718. The predicted molar refractivity (Wildman–Crippen MR) is 68.1 cm³/mol. The minimum absolute atomic E-state index is 0.0359. The second-order valence-electron chi connectivity index (χ2n) is 4.86. The second kappa shape index (κ2) is 6.33. The van der Waals surface area contributed by atoms with Crippen molar-refractivity contribution in [1.29, 1.82) is 0 Å². The zero-order valence-electron chi connectivity index (χ0n) is 11.3. The smallest absolute Gasteiger partial charge is 0.407 e. The van der Waals surface area contributed by atoms with Crippen LogP contribution in [-0.2, 0) is 19.1 Å². The van der Waals surface area contributed by atoms with Gasteiger partial charge in [-0.1, -0.05) is 0 Å². The number of cyclic esters (lactones) is 2. The Labute approximate surface area is 124 Å². The first-order valence-electron chi connectivity index (χ1n) is 6.42. The molecule has 0 bridgehead atoms. The van der Waals surface area contributed by atoms with E-state index in [2.05, 4.69) is 20.1 Å². The number of carbonyl (C=O) groups excluding carboxylic acids is 2. The van der Waals surface area contributed by atoms with E-state index in [9.17, 15) is 29.4 Å². The van der Waals surface area contributed by atoms with Crippen molar-refractivity contribution in [1.82, 2.24) is 10.6 Å². The van der Waals surface area contributed by atoms with Gasteiger partial charge in [-0.2, -0.15) is 0 Å². The summed E-state index contributed by atoms with van der Waals surface area (Å²) < 4.78 is 9.29. The second-order valence-corrected chi connectivity index (χ2v) is 4.86. The standard InChI is InChI=1S/C12H14N2O8/c15-9(16)7(1-5-3-21-11(19)13-5)8(10(17)18)2-6-4-22-12(20)14-6/h5-6H,1-4H2,(H,13,19)(H,14,20)(H,15,16)(H,17,18)/b8-7+. The normalized spacial score (nSPS) is 24.7. The molecule has 0 aromatic rings. The third-order valence-corrected chi connectivity index (χ3v) is 3.26. The van der Waals surface area contributed by atoms with Crippen molar-refractivity contribution in [3.8, 4) is 0 Å². The van der Waals surface area contributed by atoms with Gasteiger partial charge in [-0.15, -0.1) is 0 Å². The van der Waals surface area contributed by atoms with E-state index < -0.39 is 36.2 Å². The molecule has 0 spiro atoms. The van der Waals surface area contributed by atoms with Gasteiger partial charge >= 0.3 is 24.1 Å². The van der Waals surface area contributed by atoms with Crippen molar-refractivity contribution >= 4 is 24.1 Å². The molecule has 2 amide bonds. The summed E-state index contributed by atoms with van der Waals surface area (Å²) in [5, 5.41) is 23.3. The summed E-state index contributed by atoms with van der Waals surface area (Å²) in [4.78, 5) is 44.6. The summed E-state index contributed by atoms with van der Waals surface area (Å²) >= 11 is 0. The summed E-state index contributed by atoms with van der Waals surface area (Å²) in [6, 6.07) is -1.22. The monoisotopic (exact) mass is 314 g/mol. The summed E-state index contributed by atoms with van der Waals surface area (Å²) in [5.74, 6) is -2.80. The average molecular weight is 314 g/mol. The molecule has 2 saturated heterocycles. The van der Waals surface area contributed by atoms with Gasteiger partial charge < -0.3 is 30.3 Å². The van der Waals surface area contributed by atoms with Gasteiger partial charge in [0.25, 0.3) is 0 Å². The van der Waals surface area contributed by atoms with E-state index in [1.807, 2.05) is 0 Å². The molecule has 2 heterocycles. The maximum absolute atomic E-state index is 11.4.